The minimum absolute atomic E-state index is 0.333. The van der Waals surface area contributed by atoms with Crippen LogP contribution in [-0.4, -0.2) is 26.8 Å². The zero-order chi connectivity index (χ0) is 10.8. The Morgan fingerprint density at radius 2 is 2.47 bits per heavy atom. The third-order valence-electron chi connectivity index (χ3n) is 1.91. The lowest BCUT2D eigenvalue weighted by molar-refractivity contribution is 0.224. The lowest BCUT2D eigenvalue weighted by atomic mass is 10.2. The topological polar surface area (TPSA) is 71.0 Å². The minimum Gasteiger partial charge on any atom is -0.479 e. The Morgan fingerprint density at radius 1 is 1.67 bits per heavy atom. The standard InChI is InChI=1S/C8H8ClN3O2S/c1-14-8-5(9)7(15-12-8)6(13)4-2-10-11-3-4/h2-3,6,13H,1H3,(H,10,11). The maximum atomic E-state index is 9.94. The molecule has 0 aliphatic rings. The van der Waals surface area contributed by atoms with Gasteiger partial charge in [0.25, 0.3) is 0 Å². The number of rotatable bonds is 3. The number of aromatic nitrogens is 3. The molecule has 80 valence electrons. The summed E-state index contributed by atoms with van der Waals surface area (Å²) in [7, 11) is 1.48. The molecule has 0 saturated carbocycles. The van der Waals surface area contributed by atoms with E-state index in [9.17, 15) is 5.11 Å². The molecule has 2 aromatic heterocycles. The Labute approximate surface area is 94.8 Å². The predicted molar refractivity (Wildman–Crippen MR) is 56.3 cm³/mol. The van der Waals surface area contributed by atoms with Crippen LogP contribution in [0.15, 0.2) is 12.4 Å². The normalized spacial score (nSPS) is 12.7. The molecule has 0 fully saturated rings. The third kappa shape index (κ3) is 1.83. The van der Waals surface area contributed by atoms with Crippen molar-refractivity contribution in [1.29, 1.82) is 0 Å². The van der Waals surface area contributed by atoms with Crippen LogP contribution < -0.4 is 4.74 Å². The first kappa shape index (κ1) is 10.4. The van der Waals surface area contributed by atoms with Crippen molar-refractivity contribution in [1.82, 2.24) is 14.6 Å². The van der Waals surface area contributed by atoms with Crippen molar-refractivity contribution in [3.05, 3.63) is 27.9 Å². The van der Waals surface area contributed by atoms with Gasteiger partial charge in [0.2, 0.25) is 5.88 Å². The van der Waals surface area contributed by atoms with Crippen molar-refractivity contribution in [2.24, 2.45) is 0 Å². The summed E-state index contributed by atoms with van der Waals surface area (Å²) in [6.07, 6.45) is 2.32. The molecule has 2 aromatic rings. The molecule has 7 heteroatoms. The summed E-state index contributed by atoms with van der Waals surface area (Å²) in [6, 6.07) is 0. The lowest BCUT2D eigenvalue weighted by Gasteiger charge is -2.04. The highest BCUT2D eigenvalue weighted by atomic mass is 35.5. The largest absolute Gasteiger partial charge is 0.479 e. The van der Waals surface area contributed by atoms with Gasteiger partial charge >= 0.3 is 0 Å². The highest BCUT2D eigenvalue weighted by molar-refractivity contribution is 7.06. The minimum atomic E-state index is -0.822. The van der Waals surface area contributed by atoms with Gasteiger partial charge < -0.3 is 9.84 Å². The fourth-order valence-electron chi connectivity index (χ4n) is 1.13. The number of aromatic amines is 1. The van der Waals surface area contributed by atoms with Crippen LogP contribution in [-0.2, 0) is 0 Å². The lowest BCUT2D eigenvalue weighted by Crippen LogP contribution is -1.95. The zero-order valence-electron chi connectivity index (χ0n) is 7.77. The maximum Gasteiger partial charge on any atom is 0.244 e. The van der Waals surface area contributed by atoms with Crippen LogP contribution in [0, 0.1) is 0 Å². The number of hydrogen-bond donors (Lipinski definition) is 2. The van der Waals surface area contributed by atoms with Crippen LogP contribution in [0.2, 0.25) is 5.02 Å². The number of nitrogens with one attached hydrogen (secondary N) is 1. The first-order valence-corrected chi connectivity index (χ1v) is 5.25. The molecule has 2 rings (SSSR count). The molecule has 0 aliphatic heterocycles. The van der Waals surface area contributed by atoms with Crippen molar-refractivity contribution in [2.75, 3.05) is 7.11 Å². The van der Waals surface area contributed by atoms with E-state index in [0.717, 1.165) is 11.5 Å². The van der Waals surface area contributed by atoms with E-state index in [4.69, 9.17) is 16.3 Å². The Morgan fingerprint density at radius 3 is 3.00 bits per heavy atom. The van der Waals surface area contributed by atoms with Gasteiger partial charge in [-0.25, -0.2) is 0 Å². The predicted octanol–water partition coefficient (Wildman–Crippen LogP) is 1.61. The summed E-state index contributed by atoms with van der Waals surface area (Å²) in [5, 5.41) is 16.7. The molecule has 0 aliphatic carbocycles. The smallest absolute Gasteiger partial charge is 0.244 e. The summed E-state index contributed by atoms with van der Waals surface area (Å²) >= 11 is 7.08. The Kier molecular flexibility index (Phi) is 2.90. The van der Waals surface area contributed by atoms with Gasteiger partial charge in [-0.05, 0) is 11.5 Å². The number of aliphatic hydroxyl groups is 1. The number of aliphatic hydroxyl groups excluding tert-OH is 1. The molecule has 0 saturated heterocycles. The highest BCUT2D eigenvalue weighted by Gasteiger charge is 2.21. The summed E-state index contributed by atoms with van der Waals surface area (Å²) in [5.41, 5.74) is 0.642. The second-order valence-electron chi connectivity index (χ2n) is 2.80. The fraction of sp³-hybridized carbons (Fsp3) is 0.250. The number of H-pyrrole nitrogens is 1. The first-order valence-electron chi connectivity index (χ1n) is 4.10. The average Bonchev–Trinajstić information content (AvgIpc) is 2.85. The summed E-state index contributed by atoms with van der Waals surface area (Å²) in [5.74, 6) is 0.333. The molecular formula is C8H8ClN3O2S. The Bertz CT molecular complexity index is 443. The van der Waals surface area contributed by atoms with Crippen molar-refractivity contribution < 1.29 is 9.84 Å². The highest BCUT2D eigenvalue weighted by Crippen LogP contribution is 2.37. The van der Waals surface area contributed by atoms with E-state index in [2.05, 4.69) is 14.6 Å². The summed E-state index contributed by atoms with van der Waals surface area (Å²) in [6.45, 7) is 0. The summed E-state index contributed by atoms with van der Waals surface area (Å²) in [4.78, 5) is 0.551. The van der Waals surface area contributed by atoms with Gasteiger partial charge in [0.1, 0.15) is 11.1 Å². The van der Waals surface area contributed by atoms with Crippen molar-refractivity contribution in [2.45, 2.75) is 6.10 Å². The monoisotopic (exact) mass is 245 g/mol. The third-order valence-corrected chi connectivity index (χ3v) is 3.27. The number of methoxy groups -OCH3 is 1. The quantitative estimate of drug-likeness (QED) is 0.862. The van der Waals surface area contributed by atoms with E-state index >= 15 is 0 Å². The first-order chi connectivity index (χ1) is 7.24. The van der Waals surface area contributed by atoms with E-state index in [1.54, 1.807) is 6.20 Å². The Balaban J connectivity index is 2.34. The molecule has 0 bridgehead atoms. The SMILES string of the molecule is COc1nsc(C(O)c2cn[nH]c2)c1Cl. The average molecular weight is 246 g/mol. The number of ether oxygens (including phenoxy) is 1. The molecular weight excluding hydrogens is 238 g/mol. The summed E-state index contributed by atoms with van der Waals surface area (Å²) < 4.78 is 8.89. The van der Waals surface area contributed by atoms with Gasteiger partial charge in [-0.15, -0.1) is 0 Å². The van der Waals surface area contributed by atoms with Gasteiger partial charge in [-0.3, -0.25) is 5.10 Å². The molecule has 0 spiro atoms. The molecule has 1 atom stereocenters. The van der Waals surface area contributed by atoms with E-state index in [0.29, 0.717) is 21.3 Å². The van der Waals surface area contributed by atoms with Gasteiger partial charge in [0, 0.05) is 11.8 Å². The Hall–Kier alpha value is -1.11. The van der Waals surface area contributed by atoms with Crippen LogP contribution in [0.4, 0.5) is 0 Å². The van der Waals surface area contributed by atoms with Crippen LogP contribution in [0.25, 0.3) is 0 Å². The molecule has 5 nitrogen and oxygen atoms in total. The van der Waals surface area contributed by atoms with Gasteiger partial charge in [0.15, 0.2) is 0 Å². The fourth-order valence-corrected chi connectivity index (χ4v) is 2.26. The van der Waals surface area contributed by atoms with Gasteiger partial charge in [0.05, 0.1) is 18.2 Å². The maximum absolute atomic E-state index is 9.94. The molecule has 15 heavy (non-hydrogen) atoms. The molecule has 2 N–H and O–H groups in total. The number of halogens is 1. The van der Waals surface area contributed by atoms with Crippen LogP contribution in [0.5, 0.6) is 5.88 Å². The van der Waals surface area contributed by atoms with Gasteiger partial charge in [-0.2, -0.15) is 9.47 Å². The van der Waals surface area contributed by atoms with E-state index < -0.39 is 6.10 Å². The van der Waals surface area contributed by atoms with Crippen LogP contribution in [0.1, 0.15) is 16.5 Å². The molecule has 0 aromatic carbocycles. The van der Waals surface area contributed by atoms with Crippen LogP contribution >= 0.6 is 23.1 Å². The molecule has 1 unspecified atom stereocenters. The molecule has 0 radical (unpaired) electrons. The van der Waals surface area contributed by atoms with E-state index in [-0.39, 0.29) is 0 Å². The number of nitrogens with zero attached hydrogens (tertiary/aromatic N) is 2. The van der Waals surface area contributed by atoms with Gasteiger partial charge in [-0.1, -0.05) is 11.6 Å². The second-order valence-corrected chi connectivity index (χ2v) is 3.99. The van der Waals surface area contributed by atoms with E-state index in [1.165, 1.54) is 13.3 Å². The van der Waals surface area contributed by atoms with Crippen LogP contribution in [0.3, 0.4) is 0 Å². The zero-order valence-corrected chi connectivity index (χ0v) is 9.34. The number of hydrogen-bond acceptors (Lipinski definition) is 5. The van der Waals surface area contributed by atoms with Crippen molar-refractivity contribution in [3.8, 4) is 5.88 Å². The van der Waals surface area contributed by atoms with Crippen molar-refractivity contribution >= 4 is 23.1 Å². The molecule has 2 heterocycles. The van der Waals surface area contributed by atoms with E-state index in [1.807, 2.05) is 0 Å². The molecule has 0 amide bonds. The van der Waals surface area contributed by atoms with Crippen molar-refractivity contribution in [3.63, 3.8) is 0 Å². The second kappa shape index (κ2) is 4.18.